The number of hydrogen-bond acceptors (Lipinski definition) is 3. The van der Waals surface area contributed by atoms with Crippen LogP contribution in [0.4, 0.5) is 0 Å². The number of allylic oxidation sites excluding steroid dienone is 1. The summed E-state index contributed by atoms with van der Waals surface area (Å²) in [5, 5.41) is 0. The molecule has 1 aliphatic rings. The normalized spacial score (nSPS) is 14.5. The van der Waals surface area contributed by atoms with Gasteiger partial charge in [-0.25, -0.2) is 0 Å². The van der Waals surface area contributed by atoms with Crippen LogP contribution in [-0.2, 0) is 9.59 Å². The van der Waals surface area contributed by atoms with Crippen LogP contribution >= 0.6 is 0 Å². The minimum atomic E-state index is 0.0810. The van der Waals surface area contributed by atoms with Gasteiger partial charge in [0.05, 0.1) is 0 Å². The monoisotopic (exact) mass is 296 g/mol. The molecule has 1 rings (SSSR count). The van der Waals surface area contributed by atoms with Gasteiger partial charge < -0.3 is 9.80 Å². The van der Waals surface area contributed by atoms with Crippen LogP contribution in [0.25, 0.3) is 0 Å². The second-order valence-electron chi connectivity index (χ2n) is 4.56. The molecule has 21 heavy (non-hydrogen) atoms. The van der Waals surface area contributed by atoms with Gasteiger partial charge in [-0.05, 0) is 24.1 Å². The van der Waals surface area contributed by atoms with E-state index in [2.05, 4.69) is 4.90 Å². The highest BCUT2D eigenvalue weighted by Gasteiger charge is 2.20. The van der Waals surface area contributed by atoms with Crippen LogP contribution in [0, 0.1) is 0 Å². The van der Waals surface area contributed by atoms with Crippen molar-refractivity contribution in [3.63, 3.8) is 0 Å². The zero-order valence-electron chi connectivity index (χ0n) is 15.0. The van der Waals surface area contributed by atoms with E-state index in [0.29, 0.717) is 12.1 Å². The van der Waals surface area contributed by atoms with E-state index in [1.54, 1.807) is 18.7 Å². The highest BCUT2D eigenvalue weighted by atomic mass is 16.2. The summed E-state index contributed by atoms with van der Waals surface area (Å²) in [6, 6.07) is 0. The number of amides is 1. The number of hydrogen-bond donors (Lipinski definition) is 0. The predicted molar refractivity (Wildman–Crippen MR) is 90.1 cm³/mol. The Kier molecular flexibility index (Phi) is 12.6. The van der Waals surface area contributed by atoms with E-state index in [1.807, 2.05) is 47.9 Å². The first-order chi connectivity index (χ1) is 9.95. The van der Waals surface area contributed by atoms with E-state index < -0.39 is 0 Å². The van der Waals surface area contributed by atoms with E-state index in [0.717, 1.165) is 24.8 Å². The third kappa shape index (κ3) is 7.69. The Hall–Kier alpha value is -1.58. The fourth-order valence-electron chi connectivity index (χ4n) is 1.99. The Morgan fingerprint density at radius 3 is 2.05 bits per heavy atom. The van der Waals surface area contributed by atoms with Crippen molar-refractivity contribution in [2.24, 2.45) is 0 Å². The smallest absolute Gasteiger partial charge is 0.219 e. The van der Waals surface area contributed by atoms with Crippen molar-refractivity contribution in [2.75, 3.05) is 27.2 Å². The number of rotatable bonds is 3. The lowest BCUT2D eigenvalue weighted by molar-refractivity contribution is -0.128. The lowest BCUT2D eigenvalue weighted by Crippen LogP contribution is -2.37. The van der Waals surface area contributed by atoms with E-state index >= 15 is 0 Å². The number of aldehydes is 1. The first kappa shape index (κ1) is 21.7. The van der Waals surface area contributed by atoms with Crippen molar-refractivity contribution in [1.82, 2.24) is 9.80 Å². The summed E-state index contributed by atoms with van der Waals surface area (Å²) in [5.74, 6) is 0.0810. The molecule has 122 valence electrons. The van der Waals surface area contributed by atoms with Crippen LogP contribution in [0.15, 0.2) is 22.9 Å². The number of carbonyl (C=O) groups excluding carboxylic acids is 2. The van der Waals surface area contributed by atoms with Gasteiger partial charge in [-0.15, -0.1) is 0 Å². The molecule has 0 aliphatic carbocycles. The topological polar surface area (TPSA) is 40.6 Å². The molecule has 0 N–H and O–H groups in total. The predicted octanol–water partition coefficient (Wildman–Crippen LogP) is 3.25. The fraction of sp³-hybridized carbons (Fsp3) is 0.647. The second kappa shape index (κ2) is 12.2. The molecule has 0 unspecified atom stereocenters. The Labute approximate surface area is 130 Å². The Morgan fingerprint density at radius 1 is 1.14 bits per heavy atom. The Balaban J connectivity index is 0. The molecule has 0 spiro atoms. The highest BCUT2D eigenvalue weighted by Crippen LogP contribution is 2.21. The summed E-state index contributed by atoms with van der Waals surface area (Å²) in [6.07, 6.45) is 3.55. The lowest BCUT2D eigenvalue weighted by Gasteiger charge is -2.32. The van der Waals surface area contributed by atoms with Gasteiger partial charge in [-0.1, -0.05) is 27.7 Å². The summed E-state index contributed by atoms with van der Waals surface area (Å²) in [6.45, 7) is 12.7. The van der Waals surface area contributed by atoms with Crippen LogP contribution in [0.3, 0.4) is 0 Å². The molecule has 0 aromatic rings. The number of nitrogens with zero attached hydrogens (tertiary/aromatic N) is 2. The molecule has 0 saturated heterocycles. The summed E-state index contributed by atoms with van der Waals surface area (Å²) in [7, 11) is 3.98. The lowest BCUT2D eigenvalue weighted by atomic mass is 10.0. The van der Waals surface area contributed by atoms with Crippen molar-refractivity contribution in [3.8, 4) is 0 Å². The molecule has 0 fully saturated rings. The average Bonchev–Trinajstić information content (AvgIpc) is 2.50. The van der Waals surface area contributed by atoms with Crippen molar-refractivity contribution >= 4 is 12.2 Å². The quantitative estimate of drug-likeness (QED) is 0.593. The van der Waals surface area contributed by atoms with Gasteiger partial charge in [0.2, 0.25) is 5.91 Å². The van der Waals surface area contributed by atoms with Crippen molar-refractivity contribution in [2.45, 2.75) is 48.0 Å². The average molecular weight is 296 g/mol. The molecule has 4 nitrogen and oxygen atoms in total. The molecule has 0 aromatic carbocycles. The third-order valence-electron chi connectivity index (χ3n) is 2.92. The highest BCUT2D eigenvalue weighted by molar-refractivity contribution is 5.75. The minimum absolute atomic E-state index is 0.0810. The summed E-state index contributed by atoms with van der Waals surface area (Å²) < 4.78 is 0. The summed E-state index contributed by atoms with van der Waals surface area (Å²) in [4.78, 5) is 25.9. The van der Waals surface area contributed by atoms with Gasteiger partial charge in [-0.2, -0.15) is 0 Å². The zero-order chi connectivity index (χ0) is 17.0. The zero-order valence-corrected chi connectivity index (χ0v) is 15.0. The van der Waals surface area contributed by atoms with Gasteiger partial charge in [-0.3, -0.25) is 9.59 Å². The Morgan fingerprint density at radius 2 is 1.67 bits per heavy atom. The van der Waals surface area contributed by atoms with Crippen LogP contribution < -0.4 is 0 Å². The van der Waals surface area contributed by atoms with E-state index in [-0.39, 0.29) is 5.91 Å². The molecule has 1 amide bonds. The molecule has 0 aromatic heterocycles. The SMILES string of the molecule is CC.CC.CC(=O)N1CCC(N(C)C)=C(/C=C(/C)C=O)C1. The molecule has 1 aliphatic heterocycles. The molecular formula is C17H32N2O2. The number of carbonyl (C=O) groups is 2. The van der Waals surface area contributed by atoms with E-state index in [1.165, 1.54) is 5.70 Å². The van der Waals surface area contributed by atoms with E-state index in [4.69, 9.17) is 0 Å². The van der Waals surface area contributed by atoms with Gasteiger partial charge in [0, 0.05) is 46.2 Å². The largest absolute Gasteiger partial charge is 0.381 e. The fourth-order valence-corrected chi connectivity index (χ4v) is 1.99. The van der Waals surface area contributed by atoms with Crippen LogP contribution in [0.5, 0.6) is 0 Å². The summed E-state index contributed by atoms with van der Waals surface area (Å²) >= 11 is 0. The van der Waals surface area contributed by atoms with E-state index in [9.17, 15) is 9.59 Å². The van der Waals surface area contributed by atoms with Crippen molar-refractivity contribution < 1.29 is 9.59 Å². The van der Waals surface area contributed by atoms with Crippen LogP contribution in [0.2, 0.25) is 0 Å². The van der Waals surface area contributed by atoms with Crippen LogP contribution in [-0.4, -0.2) is 49.2 Å². The standard InChI is InChI=1S/C13H20N2O2.2C2H6/c1-10(9-16)7-12-8-15(11(2)17)6-5-13(12)14(3)4;2*1-2/h7,9H,5-6,8H2,1-4H3;2*1-2H3/b10-7-;;. The van der Waals surface area contributed by atoms with Crippen molar-refractivity contribution in [3.05, 3.63) is 22.9 Å². The van der Waals surface area contributed by atoms with Gasteiger partial charge >= 0.3 is 0 Å². The van der Waals surface area contributed by atoms with Crippen LogP contribution in [0.1, 0.15) is 48.0 Å². The maximum absolute atomic E-state index is 11.4. The first-order valence-electron chi connectivity index (χ1n) is 7.74. The maximum Gasteiger partial charge on any atom is 0.219 e. The summed E-state index contributed by atoms with van der Waals surface area (Å²) in [5.41, 5.74) is 2.94. The molecule has 1 heterocycles. The molecule has 0 bridgehead atoms. The van der Waals surface area contributed by atoms with Gasteiger partial charge in [0.25, 0.3) is 0 Å². The maximum atomic E-state index is 11.4. The Bertz CT molecular complexity index is 382. The first-order valence-corrected chi connectivity index (χ1v) is 7.74. The molecule has 0 atom stereocenters. The second-order valence-corrected chi connectivity index (χ2v) is 4.56. The van der Waals surface area contributed by atoms with Gasteiger partial charge in [0.1, 0.15) is 6.29 Å². The van der Waals surface area contributed by atoms with Crippen molar-refractivity contribution in [1.29, 1.82) is 0 Å². The molecule has 0 saturated carbocycles. The minimum Gasteiger partial charge on any atom is -0.381 e. The molecule has 0 radical (unpaired) electrons. The molecule has 4 heteroatoms. The molecular weight excluding hydrogens is 264 g/mol. The van der Waals surface area contributed by atoms with Gasteiger partial charge in [0.15, 0.2) is 0 Å². The third-order valence-corrected chi connectivity index (χ3v) is 2.92.